The Labute approximate surface area is 102 Å². The molecule has 0 radical (unpaired) electrons. The van der Waals surface area contributed by atoms with Crippen molar-refractivity contribution in [3.05, 3.63) is 29.3 Å². The summed E-state index contributed by atoms with van der Waals surface area (Å²) in [6.07, 6.45) is 0.960. The third-order valence-corrected chi connectivity index (χ3v) is 3.56. The summed E-state index contributed by atoms with van der Waals surface area (Å²) >= 11 is 6.05. The molecule has 0 N–H and O–H groups in total. The molecule has 0 aliphatic heterocycles. The van der Waals surface area contributed by atoms with Crippen LogP contribution in [0.3, 0.4) is 0 Å². The summed E-state index contributed by atoms with van der Waals surface area (Å²) in [5.41, 5.74) is 2.32. The first-order valence-corrected chi connectivity index (χ1v) is 5.97. The van der Waals surface area contributed by atoms with Gasteiger partial charge in [0.25, 0.3) is 0 Å². The molecule has 3 heteroatoms. The molecule has 0 aromatic heterocycles. The second kappa shape index (κ2) is 4.64. The number of halogens is 1. The van der Waals surface area contributed by atoms with Gasteiger partial charge in [-0.2, -0.15) is 0 Å². The number of methoxy groups -OCH3 is 1. The summed E-state index contributed by atoms with van der Waals surface area (Å²) in [4.78, 5) is 0. The van der Waals surface area contributed by atoms with Gasteiger partial charge in [0.15, 0.2) is 0 Å². The van der Waals surface area contributed by atoms with Crippen molar-refractivity contribution in [1.29, 1.82) is 0 Å². The van der Waals surface area contributed by atoms with E-state index in [1.165, 1.54) is 0 Å². The third kappa shape index (κ3) is 2.04. The highest BCUT2D eigenvalue weighted by atomic mass is 35.5. The van der Waals surface area contributed by atoms with Crippen molar-refractivity contribution in [2.24, 2.45) is 0 Å². The maximum absolute atomic E-state index is 6.05. The van der Waals surface area contributed by atoms with E-state index in [0.717, 1.165) is 23.3 Å². The van der Waals surface area contributed by atoms with Crippen LogP contribution in [0.25, 0.3) is 0 Å². The van der Waals surface area contributed by atoms with Gasteiger partial charge in [0.05, 0.1) is 5.38 Å². The molecule has 88 valence electrons. The van der Waals surface area contributed by atoms with Crippen molar-refractivity contribution in [2.45, 2.75) is 37.9 Å². The average molecular weight is 241 g/mol. The van der Waals surface area contributed by atoms with Crippen molar-refractivity contribution in [3.63, 3.8) is 0 Å². The van der Waals surface area contributed by atoms with Crippen LogP contribution in [0.15, 0.2) is 18.2 Å². The molecule has 3 unspecified atom stereocenters. The molecule has 1 aromatic rings. The molecule has 2 nitrogen and oxygen atoms in total. The van der Waals surface area contributed by atoms with Gasteiger partial charge in [0, 0.05) is 13.5 Å². The molecular formula is C13H17ClO2. The van der Waals surface area contributed by atoms with Gasteiger partial charge in [0.1, 0.15) is 18.0 Å². The molecule has 0 saturated heterocycles. The lowest BCUT2D eigenvalue weighted by Gasteiger charge is -2.40. The topological polar surface area (TPSA) is 18.5 Å². The molecule has 0 bridgehead atoms. The van der Waals surface area contributed by atoms with Gasteiger partial charge in [-0.15, -0.1) is 11.6 Å². The van der Waals surface area contributed by atoms with Crippen LogP contribution in [0.4, 0.5) is 0 Å². The van der Waals surface area contributed by atoms with Gasteiger partial charge < -0.3 is 9.47 Å². The second-order valence-corrected chi connectivity index (χ2v) is 4.89. The van der Waals surface area contributed by atoms with Gasteiger partial charge in [-0.25, -0.2) is 0 Å². The van der Waals surface area contributed by atoms with E-state index in [9.17, 15) is 0 Å². The molecule has 16 heavy (non-hydrogen) atoms. The fourth-order valence-electron chi connectivity index (χ4n) is 2.08. The Morgan fingerprint density at radius 2 is 1.88 bits per heavy atom. The van der Waals surface area contributed by atoms with Crippen LogP contribution < -0.4 is 4.74 Å². The maximum atomic E-state index is 6.05. The lowest BCUT2D eigenvalue weighted by Crippen LogP contribution is -2.52. The Morgan fingerprint density at radius 1 is 1.25 bits per heavy atom. The largest absolute Gasteiger partial charge is 0.487 e. The van der Waals surface area contributed by atoms with Crippen LogP contribution >= 0.6 is 11.6 Å². The third-order valence-electron chi connectivity index (χ3n) is 3.13. The molecule has 2 rings (SSSR count). The van der Waals surface area contributed by atoms with Gasteiger partial charge in [-0.05, 0) is 25.0 Å². The number of hydrogen-bond donors (Lipinski definition) is 0. The molecule has 1 aromatic carbocycles. The molecule has 1 saturated carbocycles. The molecule has 1 aliphatic carbocycles. The monoisotopic (exact) mass is 240 g/mol. The number of para-hydroxylation sites is 1. The highest BCUT2D eigenvalue weighted by molar-refractivity contribution is 6.21. The Balaban J connectivity index is 2.10. The molecule has 1 aliphatic rings. The zero-order valence-electron chi connectivity index (χ0n) is 9.87. The summed E-state index contributed by atoms with van der Waals surface area (Å²) in [5, 5.41) is 0.0827. The predicted octanol–water partition coefficient (Wildman–Crippen LogP) is 3.08. The minimum absolute atomic E-state index is 0.0145. The van der Waals surface area contributed by atoms with E-state index in [4.69, 9.17) is 21.1 Å². The van der Waals surface area contributed by atoms with E-state index in [1.54, 1.807) is 7.11 Å². The van der Waals surface area contributed by atoms with E-state index in [-0.39, 0.29) is 17.6 Å². The van der Waals surface area contributed by atoms with Crippen LogP contribution in [-0.2, 0) is 4.74 Å². The molecule has 3 atom stereocenters. The predicted molar refractivity (Wildman–Crippen MR) is 65.4 cm³/mol. The molecular weight excluding hydrogens is 224 g/mol. The minimum Gasteiger partial charge on any atom is -0.487 e. The number of benzene rings is 1. The van der Waals surface area contributed by atoms with Gasteiger partial charge in [-0.3, -0.25) is 0 Å². The Hall–Kier alpha value is -0.730. The van der Waals surface area contributed by atoms with E-state index >= 15 is 0 Å². The van der Waals surface area contributed by atoms with Crippen LogP contribution in [0.5, 0.6) is 5.75 Å². The van der Waals surface area contributed by atoms with Crippen molar-refractivity contribution < 1.29 is 9.47 Å². The molecule has 0 amide bonds. The summed E-state index contributed by atoms with van der Waals surface area (Å²) < 4.78 is 11.3. The lowest BCUT2D eigenvalue weighted by atomic mass is 9.91. The number of alkyl halides is 1. The Bertz CT molecular complexity index is 358. The fourth-order valence-corrected chi connectivity index (χ4v) is 2.52. The zero-order valence-corrected chi connectivity index (χ0v) is 10.6. The van der Waals surface area contributed by atoms with Crippen molar-refractivity contribution in [3.8, 4) is 5.75 Å². The van der Waals surface area contributed by atoms with Crippen molar-refractivity contribution in [2.75, 3.05) is 7.11 Å². The summed E-state index contributed by atoms with van der Waals surface area (Å²) in [7, 11) is 1.68. The number of hydrogen-bond acceptors (Lipinski definition) is 2. The maximum Gasteiger partial charge on any atom is 0.128 e. The first kappa shape index (κ1) is 11.7. The van der Waals surface area contributed by atoms with E-state index < -0.39 is 0 Å². The number of ether oxygens (including phenoxy) is 2. The SMILES string of the molecule is COC1C(Cl)CC1Oc1c(C)cccc1C. The molecule has 0 spiro atoms. The average Bonchev–Trinajstić information content (AvgIpc) is 2.22. The Morgan fingerprint density at radius 3 is 2.38 bits per heavy atom. The Kier molecular flexibility index (Phi) is 3.41. The quantitative estimate of drug-likeness (QED) is 0.756. The van der Waals surface area contributed by atoms with E-state index in [1.807, 2.05) is 6.07 Å². The van der Waals surface area contributed by atoms with Crippen LogP contribution in [0, 0.1) is 13.8 Å². The van der Waals surface area contributed by atoms with Crippen LogP contribution in [-0.4, -0.2) is 24.7 Å². The van der Waals surface area contributed by atoms with Gasteiger partial charge >= 0.3 is 0 Å². The fraction of sp³-hybridized carbons (Fsp3) is 0.538. The summed E-state index contributed by atoms with van der Waals surface area (Å²) in [6.45, 7) is 4.11. The standard InChI is InChI=1S/C13H17ClO2/c1-8-5-4-6-9(2)12(8)16-11-7-10(14)13(11)15-3/h4-6,10-11,13H,7H2,1-3H3. The van der Waals surface area contributed by atoms with E-state index in [2.05, 4.69) is 26.0 Å². The van der Waals surface area contributed by atoms with Crippen molar-refractivity contribution >= 4 is 11.6 Å². The lowest BCUT2D eigenvalue weighted by molar-refractivity contribution is -0.0588. The number of aryl methyl sites for hydroxylation is 2. The minimum atomic E-state index is 0.0145. The number of rotatable bonds is 3. The van der Waals surface area contributed by atoms with Crippen LogP contribution in [0.1, 0.15) is 17.5 Å². The summed E-state index contributed by atoms with van der Waals surface area (Å²) in [5.74, 6) is 0.970. The first-order valence-electron chi connectivity index (χ1n) is 5.53. The zero-order chi connectivity index (χ0) is 11.7. The smallest absolute Gasteiger partial charge is 0.128 e. The highest BCUT2D eigenvalue weighted by Gasteiger charge is 2.42. The van der Waals surface area contributed by atoms with Gasteiger partial charge in [-0.1, -0.05) is 18.2 Å². The van der Waals surface area contributed by atoms with E-state index in [0.29, 0.717) is 0 Å². The van der Waals surface area contributed by atoms with Crippen molar-refractivity contribution in [1.82, 2.24) is 0 Å². The second-order valence-electron chi connectivity index (χ2n) is 4.33. The molecule has 1 fully saturated rings. The first-order chi connectivity index (χ1) is 7.63. The highest BCUT2D eigenvalue weighted by Crippen LogP contribution is 2.34. The molecule has 0 heterocycles. The normalized spacial score (nSPS) is 28.6. The van der Waals surface area contributed by atoms with Crippen LogP contribution in [0.2, 0.25) is 0 Å². The van der Waals surface area contributed by atoms with Gasteiger partial charge in [0.2, 0.25) is 0 Å². The summed E-state index contributed by atoms with van der Waals surface area (Å²) in [6, 6.07) is 6.15.